The third-order valence-electron chi connectivity index (χ3n) is 2.17. The molecule has 0 saturated carbocycles. The number of ketones is 1. The Morgan fingerprint density at radius 1 is 1.69 bits per heavy atom. The van der Waals surface area contributed by atoms with Crippen LogP contribution in [0.25, 0.3) is 0 Å². The van der Waals surface area contributed by atoms with E-state index >= 15 is 0 Å². The molecule has 13 heavy (non-hydrogen) atoms. The summed E-state index contributed by atoms with van der Waals surface area (Å²) in [7, 11) is 0. The highest BCUT2D eigenvalue weighted by Crippen LogP contribution is 2.34. The highest BCUT2D eigenvalue weighted by atomic mass is 19.3. The second-order valence-corrected chi connectivity index (χ2v) is 3.19. The van der Waals surface area contributed by atoms with E-state index in [0.717, 1.165) is 6.08 Å². The summed E-state index contributed by atoms with van der Waals surface area (Å²) >= 11 is 0. The number of hydrogen-bond acceptors (Lipinski definition) is 1. The van der Waals surface area contributed by atoms with Crippen LogP contribution in [0, 0.1) is 5.92 Å². The molecule has 1 rings (SSSR count). The Hall–Kier alpha value is -0.990. The average molecular weight is 186 g/mol. The number of rotatable bonds is 3. The largest absolute Gasteiger partial charge is 0.294 e. The molecule has 0 aliphatic heterocycles. The van der Waals surface area contributed by atoms with Gasteiger partial charge in [0.15, 0.2) is 5.78 Å². The van der Waals surface area contributed by atoms with Crippen LogP contribution in [0.15, 0.2) is 24.8 Å². The lowest BCUT2D eigenvalue weighted by Crippen LogP contribution is -2.34. The molecular formula is C10H12F2O. The van der Waals surface area contributed by atoms with E-state index in [1.54, 1.807) is 6.08 Å². The van der Waals surface area contributed by atoms with Gasteiger partial charge in [-0.05, 0) is 18.9 Å². The summed E-state index contributed by atoms with van der Waals surface area (Å²) in [6, 6.07) is 0. The van der Waals surface area contributed by atoms with Gasteiger partial charge in [0, 0.05) is 6.42 Å². The van der Waals surface area contributed by atoms with Crippen molar-refractivity contribution in [2.24, 2.45) is 5.92 Å². The van der Waals surface area contributed by atoms with Gasteiger partial charge >= 0.3 is 0 Å². The van der Waals surface area contributed by atoms with E-state index in [0.29, 0.717) is 6.42 Å². The van der Waals surface area contributed by atoms with Crippen molar-refractivity contribution < 1.29 is 13.6 Å². The van der Waals surface area contributed by atoms with Gasteiger partial charge in [-0.25, -0.2) is 8.78 Å². The van der Waals surface area contributed by atoms with E-state index < -0.39 is 24.0 Å². The van der Waals surface area contributed by atoms with Crippen molar-refractivity contribution in [2.75, 3.05) is 0 Å². The van der Waals surface area contributed by atoms with Crippen LogP contribution in [-0.4, -0.2) is 11.7 Å². The predicted octanol–water partition coefficient (Wildman–Crippen LogP) is 2.73. The number of carbonyl (C=O) groups is 1. The zero-order valence-corrected chi connectivity index (χ0v) is 7.30. The van der Waals surface area contributed by atoms with E-state index in [-0.39, 0.29) is 6.42 Å². The molecule has 1 aliphatic carbocycles. The lowest BCUT2D eigenvalue weighted by molar-refractivity contribution is -0.133. The number of alkyl halides is 2. The monoisotopic (exact) mass is 186 g/mol. The number of hydrogen-bond donors (Lipinski definition) is 0. The lowest BCUT2D eigenvalue weighted by Gasteiger charge is -2.25. The molecule has 3 heteroatoms. The fourth-order valence-corrected chi connectivity index (χ4v) is 1.47. The summed E-state index contributed by atoms with van der Waals surface area (Å²) in [5.41, 5.74) is 0. The summed E-state index contributed by atoms with van der Waals surface area (Å²) in [5.74, 6) is -4.53. The van der Waals surface area contributed by atoms with Crippen molar-refractivity contribution in [3.05, 3.63) is 24.8 Å². The molecule has 0 N–H and O–H groups in total. The van der Waals surface area contributed by atoms with Crippen molar-refractivity contribution in [1.82, 2.24) is 0 Å². The molecule has 1 aliphatic rings. The van der Waals surface area contributed by atoms with Crippen LogP contribution in [0.4, 0.5) is 8.78 Å². The highest BCUT2D eigenvalue weighted by Gasteiger charge is 2.42. The minimum atomic E-state index is -2.93. The Kier molecular flexibility index (Phi) is 2.96. The second-order valence-electron chi connectivity index (χ2n) is 3.19. The molecule has 1 unspecified atom stereocenters. The third kappa shape index (κ3) is 2.23. The SMILES string of the molecule is C=CCC(F)(F)C1CCC=CC1=O. The van der Waals surface area contributed by atoms with Gasteiger partial charge in [-0.1, -0.05) is 12.2 Å². The predicted molar refractivity (Wildman–Crippen MR) is 46.6 cm³/mol. The van der Waals surface area contributed by atoms with E-state index in [4.69, 9.17) is 0 Å². The first kappa shape index (κ1) is 10.1. The van der Waals surface area contributed by atoms with E-state index in [9.17, 15) is 13.6 Å². The summed E-state index contributed by atoms with van der Waals surface area (Å²) in [4.78, 5) is 11.1. The van der Waals surface area contributed by atoms with Crippen molar-refractivity contribution in [3.63, 3.8) is 0 Å². The molecule has 72 valence electrons. The number of halogens is 2. The molecule has 0 aromatic rings. The molecule has 0 fully saturated rings. The van der Waals surface area contributed by atoms with Gasteiger partial charge in [-0.3, -0.25) is 4.79 Å². The molecule has 0 spiro atoms. The lowest BCUT2D eigenvalue weighted by atomic mass is 9.86. The maximum atomic E-state index is 13.2. The Labute approximate surface area is 76.1 Å². The number of allylic oxidation sites excluding steroid dienone is 3. The van der Waals surface area contributed by atoms with Crippen LogP contribution < -0.4 is 0 Å². The van der Waals surface area contributed by atoms with Gasteiger partial charge in [-0.2, -0.15) is 0 Å². The maximum absolute atomic E-state index is 13.2. The smallest absolute Gasteiger partial charge is 0.261 e. The molecule has 0 aromatic heterocycles. The maximum Gasteiger partial charge on any atom is 0.261 e. The Morgan fingerprint density at radius 2 is 2.38 bits per heavy atom. The zero-order valence-electron chi connectivity index (χ0n) is 7.30. The molecule has 0 radical (unpaired) electrons. The summed E-state index contributed by atoms with van der Waals surface area (Å²) in [5, 5.41) is 0. The summed E-state index contributed by atoms with van der Waals surface area (Å²) < 4.78 is 26.5. The van der Waals surface area contributed by atoms with Crippen LogP contribution in [-0.2, 0) is 4.79 Å². The Morgan fingerprint density at radius 3 is 2.92 bits per heavy atom. The van der Waals surface area contributed by atoms with E-state index in [2.05, 4.69) is 6.58 Å². The van der Waals surface area contributed by atoms with Crippen LogP contribution in [0.3, 0.4) is 0 Å². The standard InChI is InChI=1S/C10H12F2O/c1-2-7-10(11,12)8-5-3-4-6-9(8)13/h2,4,6,8H,1,3,5,7H2. The molecule has 1 nitrogen and oxygen atoms in total. The quantitative estimate of drug-likeness (QED) is 0.619. The third-order valence-corrected chi connectivity index (χ3v) is 2.17. The van der Waals surface area contributed by atoms with Crippen LogP contribution in [0.5, 0.6) is 0 Å². The topological polar surface area (TPSA) is 17.1 Å². The van der Waals surface area contributed by atoms with Crippen LogP contribution >= 0.6 is 0 Å². The molecule has 0 saturated heterocycles. The van der Waals surface area contributed by atoms with Crippen molar-refractivity contribution in [2.45, 2.75) is 25.2 Å². The van der Waals surface area contributed by atoms with Gasteiger partial charge < -0.3 is 0 Å². The van der Waals surface area contributed by atoms with Gasteiger partial charge in [0.25, 0.3) is 5.92 Å². The van der Waals surface area contributed by atoms with Gasteiger partial charge in [0.1, 0.15) is 0 Å². The first-order valence-corrected chi connectivity index (χ1v) is 4.27. The first-order valence-electron chi connectivity index (χ1n) is 4.27. The summed E-state index contributed by atoms with van der Waals surface area (Å²) in [6.07, 6.45) is 4.44. The molecule has 0 bridgehead atoms. The van der Waals surface area contributed by atoms with Gasteiger partial charge in [0.2, 0.25) is 0 Å². The molecule has 0 amide bonds. The Bertz CT molecular complexity index is 243. The van der Waals surface area contributed by atoms with Crippen molar-refractivity contribution >= 4 is 5.78 Å². The van der Waals surface area contributed by atoms with Crippen LogP contribution in [0.2, 0.25) is 0 Å². The molecule has 0 aromatic carbocycles. The van der Waals surface area contributed by atoms with E-state index in [1.807, 2.05) is 0 Å². The minimum absolute atomic E-state index is 0.246. The normalized spacial score (nSPS) is 23.2. The van der Waals surface area contributed by atoms with Crippen molar-refractivity contribution in [3.8, 4) is 0 Å². The zero-order chi connectivity index (χ0) is 9.90. The molecule has 0 heterocycles. The Balaban J connectivity index is 2.74. The summed E-state index contributed by atoms with van der Waals surface area (Å²) in [6.45, 7) is 3.26. The fraction of sp³-hybridized carbons (Fsp3) is 0.500. The number of carbonyl (C=O) groups excluding carboxylic acids is 1. The van der Waals surface area contributed by atoms with E-state index in [1.165, 1.54) is 6.08 Å². The van der Waals surface area contributed by atoms with Crippen molar-refractivity contribution in [1.29, 1.82) is 0 Å². The molecular weight excluding hydrogens is 174 g/mol. The first-order chi connectivity index (χ1) is 6.08. The second kappa shape index (κ2) is 3.81. The van der Waals surface area contributed by atoms with Crippen LogP contribution in [0.1, 0.15) is 19.3 Å². The highest BCUT2D eigenvalue weighted by molar-refractivity contribution is 5.93. The fourth-order valence-electron chi connectivity index (χ4n) is 1.47. The molecule has 1 atom stereocenters. The average Bonchev–Trinajstić information content (AvgIpc) is 2.04. The minimum Gasteiger partial charge on any atom is -0.294 e. The van der Waals surface area contributed by atoms with Gasteiger partial charge in [0.05, 0.1) is 5.92 Å². The van der Waals surface area contributed by atoms with Gasteiger partial charge in [-0.15, -0.1) is 6.58 Å².